The van der Waals surface area contributed by atoms with Crippen molar-refractivity contribution in [2.24, 2.45) is 5.92 Å². The highest BCUT2D eigenvalue weighted by Gasteiger charge is 2.36. The molecule has 7 heteroatoms. The average Bonchev–Trinajstić information content (AvgIpc) is 2.60. The predicted molar refractivity (Wildman–Crippen MR) is 93.2 cm³/mol. The smallest absolute Gasteiger partial charge is 0.227 e. The average molecular weight is 343 g/mol. The zero-order valence-electron chi connectivity index (χ0n) is 14.7. The second kappa shape index (κ2) is 6.61. The van der Waals surface area contributed by atoms with Crippen LogP contribution in [-0.2, 0) is 22.4 Å². The van der Waals surface area contributed by atoms with Crippen molar-refractivity contribution in [2.75, 3.05) is 31.6 Å². The molecule has 1 aromatic heterocycles. The third-order valence-electron chi connectivity index (χ3n) is 5.75. The number of piperidine rings is 1. The molecular weight excluding hydrogens is 318 g/mol. The molecule has 3 aliphatic rings. The number of aromatic nitrogens is 2. The van der Waals surface area contributed by atoms with Crippen LogP contribution in [0.1, 0.15) is 36.9 Å². The summed E-state index contributed by atoms with van der Waals surface area (Å²) in [5.41, 5.74) is 2.49. The van der Waals surface area contributed by atoms with Crippen LogP contribution in [0.4, 0.5) is 5.82 Å². The predicted octanol–water partition coefficient (Wildman–Crippen LogP) is 0.529. The lowest BCUT2D eigenvalue weighted by atomic mass is 9.95. The van der Waals surface area contributed by atoms with Crippen LogP contribution in [0.5, 0.6) is 0 Å². The van der Waals surface area contributed by atoms with Gasteiger partial charge in [0.1, 0.15) is 0 Å². The van der Waals surface area contributed by atoms with Crippen LogP contribution < -0.4 is 10.2 Å². The van der Waals surface area contributed by atoms with Gasteiger partial charge in [0, 0.05) is 33.1 Å². The molecule has 0 radical (unpaired) electrons. The van der Waals surface area contributed by atoms with E-state index in [4.69, 9.17) is 0 Å². The number of hydrogen-bond acceptors (Lipinski definition) is 5. The first-order valence-corrected chi connectivity index (χ1v) is 9.25. The molecule has 0 aromatic carbocycles. The summed E-state index contributed by atoms with van der Waals surface area (Å²) >= 11 is 0. The van der Waals surface area contributed by atoms with E-state index in [2.05, 4.69) is 26.5 Å². The molecule has 0 saturated carbocycles. The van der Waals surface area contributed by atoms with E-state index >= 15 is 0 Å². The minimum Gasteiger partial charge on any atom is -0.355 e. The van der Waals surface area contributed by atoms with Gasteiger partial charge in [0.25, 0.3) is 0 Å². The second-order valence-electron chi connectivity index (χ2n) is 7.43. The molecule has 2 aliphatic heterocycles. The molecule has 4 rings (SSSR count). The molecule has 134 valence electrons. The Morgan fingerprint density at radius 3 is 2.80 bits per heavy atom. The Labute approximate surface area is 147 Å². The van der Waals surface area contributed by atoms with Crippen molar-refractivity contribution in [3.05, 3.63) is 17.3 Å². The summed E-state index contributed by atoms with van der Waals surface area (Å²) in [7, 11) is 1.87. The minimum atomic E-state index is -0.0831. The monoisotopic (exact) mass is 343 g/mol. The highest BCUT2D eigenvalue weighted by atomic mass is 16.2. The summed E-state index contributed by atoms with van der Waals surface area (Å²) in [4.78, 5) is 27.9. The van der Waals surface area contributed by atoms with Crippen molar-refractivity contribution in [3.63, 3.8) is 0 Å². The van der Waals surface area contributed by atoms with Gasteiger partial charge >= 0.3 is 0 Å². The fourth-order valence-corrected chi connectivity index (χ4v) is 3.93. The van der Waals surface area contributed by atoms with Gasteiger partial charge in [0.2, 0.25) is 11.8 Å². The Hall–Kier alpha value is -2.18. The van der Waals surface area contributed by atoms with Gasteiger partial charge < -0.3 is 15.1 Å². The number of rotatable bonds is 3. The number of aryl methyl sites for hydroxylation is 2. The largest absolute Gasteiger partial charge is 0.355 e. The van der Waals surface area contributed by atoms with Gasteiger partial charge in [0.05, 0.1) is 17.7 Å². The first-order valence-electron chi connectivity index (χ1n) is 9.25. The van der Waals surface area contributed by atoms with Crippen LogP contribution in [-0.4, -0.2) is 59.6 Å². The van der Waals surface area contributed by atoms with Gasteiger partial charge in [0.15, 0.2) is 5.82 Å². The first kappa shape index (κ1) is 16.3. The summed E-state index contributed by atoms with van der Waals surface area (Å²) < 4.78 is 0. The van der Waals surface area contributed by atoms with E-state index in [0.717, 1.165) is 37.4 Å². The number of nitrogens with zero attached hydrogens (tertiary/aromatic N) is 4. The molecule has 1 aliphatic carbocycles. The van der Waals surface area contributed by atoms with Gasteiger partial charge in [-0.2, -0.15) is 5.10 Å². The molecule has 2 saturated heterocycles. The normalized spacial score (nSPS) is 23.5. The molecule has 1 atom stereocenters. The lowest BCUT2D eigenvalue weighted by Crippen LogP contribution is -2.61. The van der Waals surface area contributed by atoms with Crippen molar-refractivity contribution in [1.29, 1.82) is 0 Å². The van der Waals surface area contributed by atoms with E-state index in [9.17, 15) is 9.59 Å². The standard InChI is InChI=1S/C18H25N5O2/c1-22(18(25)13-6-7-17(24)19-9-13)14-10-23(11-14)16-8-12-4-2-3-5-15(12)20-21-16/h8,13-14H,2-7,9-11H2,1H3,(H,19,24). The van der Waals surface area contributed by atoms with Gasteiger partial charge in [-0.05, 0) is 43.7 Å². The Bertz CT molecular complexity index is 676. The lowest BCUT2D eigenvalue weighted by Gasteiger charge is -2.45. The number of carbonyl (C=O) groups is 2. The third kappa shape index (κ3) is 3.19. The first-order chi connectivity index (χ1) is 12.1. The summed E-state index contributed by atoms with van der Waals surface area (Å²) in [6.45, 7) is 2.07. The molecule has 1 N–H and O–H groups in total. The molecule has 0 spiro atoms. The van der Waals surface area contributed by atoms with Crippen molar-refractivity contribution in [1.82, 2.24) is 20.4 Å². The molecule has 3 heterocycles. The summed E-state index contributed by atoms with van der Waals surface area (Å²) in [6.07, 6.45) is 5.69. The maximum absolute atomic E-state index is 12.6. The number of fused-ring (bicyclic) bond motifs is 1. The highest BCUT2D eigenvalue weighted by molar-refractivity contribution is 5.84. The fraction of sp³-hybridized carbons (Fsp3) is 0.667. The SMILES string of the molecule is CN(C(=O)C1CCC(=O)NC1)C1CN(c2cc3c(nn2)CCCC3)C1. The Morgan fingerprint density at radius 1 is 1.24 bits per heavy atom. The van der Waals surface area contributed by atoms with Crippen LogP contribution >= 0.6 is 0 Å². The zero-order chi connectivity index (χ0) is 17.4. The highest BCUT2D eigenvalue weighted by Crippen LogP contribution is 2.27. The fourth-order valence-electron chi connectivity index (χ4n) is 3.93. The van der Waals surface area contributed by atoms with E-state index in [1.807, 2.05) is 11.9 Å². The summed E-state index contributed by atoms with van der Waals surface area (Å²) in [5.74, 6) is 1.04. The number of anilines is 1. The van der Waals surface area contributed by atoms with Crippen molar-refractivity contribution < 1.29 is 9.59 Å². The summed E-state index contributed by atoms with van der Waals surface area (Å²) in [5, 5.41) is 11.6. The number of nitrogens with one attached hydrogen (secondary N) is 1. The lowest BCUT2D eigenvalue weighted by molar-refractivity contribution is -0.138. The second-order valence-corrected chi connectivity index (χ2v) is 7.43. The molecule has 1 aromatic rings. The van der Waals surface area contributed by atoms with E-state index in [1.165, 1.54) is 18.4 Å². The van der Waals surface area contributed by atoms with Crippen molar-refractivity contribution in [3.8, 4) is 0 Å². The molecule has 1 unspecified atom stereocenters. The Balaban J connectivity index is 1.33. The Kier molecular flexibility index (Phi) is 4.31. The van der Waals surface area contributed by atoms with Crippen LogP contribution in [0.3, 0.4) is 0 Å². The summed E-state index contributed by atoms with van der Waals surface area (Å²) in [6, 6.07) is 2.39. The van der Waals surface area contributed by atoms with Gasteiger partial charge in [-0.15, -0.1) is 5.10 Å². The maximum atomic E-state index is 12.6. The van der Waals surface area contributed by atoms with Gasteiger partial charge in [-0.1, -0.05) is 0 Å². The topological polar surface area (TPSA) is 78.4 Å². The molecule has 2 fully saturated rings. The van der Waals surface area contributed by atoms with Crippen LogP contribution in [0.2, 0.25) is 0 Å². The van der Waals surface area contributed by atoms with Gasteiger partial charge in [-0.3, -0.25) is 9.59 Å². The zero-order valence-corrected chi connectivity index (χ0v) is 14.7. The van der Waals surface area contributed by atoms with E-state index < -0.39 is 0 Å². The van der Waals surface area contributed by atoms with E-state index in [-0.39, 0.29) is 23.8 Å². The van der Waals surface area contributed by atoms with Crippen LogP contribution in [0, 0.1) is 5.92 Å². The number of amides is 2. The molecule has 2 amide bonds. The number of likely N-dealkylation sites (N-methyl/N-ethyl adjacent to an activating group) is 1. The van der Waals surface area contributed by atoms with Crippen molar-refractivity contribution in [2.45, 2.75) is 44.6 Å². The maximum Gasteiger partial charge on any atom is 0.227 e. The third-order valence-corrected chi connectivity index (χ3v) is 5.75. The molecule has 7 nitrogen and oxygen atoms in total. The van der Waals surface area contributed by atoms with Crippen LogP contribution in [0.25, 0.3) is 0 Å². The van der Waals surface area contributed by atoms with Crippen molar-refractivity contribution >= 4 is 17.6 Å². The van der Waals surface area contributed by atoms with Gasteiger partial charge in [-0.25, -0.2) is 0 Å². The van der Waals surface area contributed by atoms with E-state index in [1.54, 1.807) is 0 Å². The Morgan fingerprint density at radius 2 is 2.04 bits per heavy atom. The molecule has 0 bridgehead atoms. The van der Waals surface area contributed by atoms with Crippen LogP contribution in [0.15, 0.2) is 6.07 Å². The number of carbonyl (C=O) groups excluding carboxylic acids is 2. The quantitative estimate of drug-likeness (QED) is 0.866. The van der Waals surface area contributed by atoms with E-state index in [0.29, 0.717) is 19.4 Å². The molecular formula is C18H25N5O2. The molecule has 25 heavy (non-hydrogen) atoms. The number of hydrogen-bond donors (Lipinski definition) is 1. The minimum absolute atomic E-state index is 0.0486.